The summed E-state index contributed by atoms with van der Waals surface area (Å²) in [5.74, 6) is 0. The van der Waals surface area contributed by atoms with Crippen molar-refractivity contribution in [1.29, 1.82) is 0 Å². The minimum atomic E-state index is 0.158. The molecule has 0 bridgehead atoms. The molecule has 0 spiro atoms. The summed E-state index contributed by atoms with van der Waals surface area (Å²) in [6.45, 7) is 14.3. The van der Waals surface area contributed by atoms with Crippen LogP contribution in [-0.2, 0) is 13.6 Å². The van der Waals surface area contributed by atoms with E-state index in [1.165, 1.54) is 18.5 Å². The van der Waals surface area contributed by atoms with Gasteiger partial charge < -0.3 is 5.32 Å². The quantitative estimate of drug-likeness (QED) is 0.898. The van der Waals surface area contributed by atoms with Gasteiger partial charge in [0.05, 0.1) is 15.9 Å². The van der Waals surface area contributed by atoms with Gasteiger partial charge in [-0.15, -0.1) is 0 Å². The zero-order valence-electron chi connectivity index (χ0n) is 14.3. The van der Waals surface area contributed by atoms with Crippen molar-refractivity contribution in [1.82, 2.24) is 20.0 Å². The Bertz CT molecular complexity index is 503. The Morgan fingerprint density at radius 1 is 1.29 bits per heavy atom. The van der Waals surface area contributed by atoms with Crippen LogP contribution in [0, 0.1) is 6.92 Å². The van der Waals surface area contributed by atoms with E-state index < -0.39 is 0 Å². The van der Waals surface area contributed by atoms with E-state index in [0.717, 1.165) is 29.8 Å². The molecular formula is C16H29BrN4. The summed E-state index contributed by atoms with van der Waals surface area (Å²) in [4.78, 5) is 2.61. The fraction of sp³-hybridized carbons (Fsp3) is 0.812. The zero-order valence-corrected chi connectivity index (χ0v) is 15.8. The van der Waals surface area contributed by atoms with Crippen LogP contribution in [0.5, 0.6) is 0 Å². The predicted octanol–water partition coefficient (Wildman–Crippen LogP) is 3.23. The lowest BCUT2D eigenvalue weighted by Gasteiger charge is -2.52. The van der Waals surface area contributed by atoms with Crippen molar-refractivity contribution in [2.45, 2.75) is 65.1 Å². The summed E-state index contributed by atoms with van der Waals surface area (Å²) in [6.07, 6.45) is 2.34. The van der Waals surface area contributed by atoms with Gasteiger partial charge >= 0.3 is 0 Å². The monoisotopic (exact) mass is 356 g/mol. The van der Waals surface area contributed by atoms with E-state index in [9.17, 15) is 0 Å². The molecule has 120 valence electrons. The molecule has 5 heteroatoms. The Morgan fingerprint density at radius 2 is 1.90 bits per heavy atom. The fourth-order valence-electron chi connectivity index (χ4n) is 3.18. The number of piperazine rings is 1. The molecule has 2 heterocycles. The summed E-state index contributed by atoms with van der Waals surface area (Å²) in [5.41, 5.74) is 2.74. The number of aromatic nitrogens is 2. The smallest absolute Gasteiger partial charge is 0.0739 e. The second kappa shape index (κ2) is 6.01. The Labute approximate surface area is 137 Å². The van der Waals surface area contributed by atoms with Crippen molar-refractivity contribution >= 4 is 15.9 Å². The van der Waals surface area contributed by atoms with E-state index >= 15 is 0 Å². The summed E-state index contributed by atoms with van der Waals surface area (Å²) in [7, 11) is 2.04. The largest absolute Gasteiger partial charge is 0.308 e. The second-order valence-electron chi connectivity index (χ2n) is 6.98. The third-order valence-corrected chi connectivity index (χ3v) is 6.23. The Hall–Kier alpha value is -0.390. The molecule has 1 aliphatic rings. The van der Waals surface area contributed by atoms with Crippen LogP contribution in [-0.4, -0.2) is 38.8 Å². The average Bonchev–Trinajstić information content (AvgIpc) is 2.68. The molecule has 1 saturated heterocycles. The van der Waals surface area contributed by atoms with Crippen molar-refractivity contribution in [2.24, 2.45) is 7.05 Å². The van der Waals surface area contributed by atoms with Gasteiger partial charge in [0.25, 0.3) is 0 Å². The minimum absolute atomic E-state index is 0.158. The summed E-state index contributed by atoms with van der Waals surface area (Å²) in [5, 5.41) is 8.32. The van der Waals surface area contributed by atoms with Gasteiger partial charge in [-0.25, -0.2) is 0 Å². The van der Waals surface area contributed by atoms with Gasteiger partial charge in [0.1, 0.15) is 0 Å². The SMILES string of the molecule is CCC1(CC)CN(Cc2c(Br)c(C)nn2C)C(C)(C)CN1. The molecule has 0 aliphatic carbocycles. The van der Waals surface area contributed by atoms with Gasteiger partial charge in [0, 0.05) is 37.8 Å². The Morgan fingerprint density at radius 3 is 2.38 bits per heavy atom. The van der Waals surface area contributed by atoms with Crippen molar-refractivity contribution in [3.63, 3.8) is 0 Å². The van der Waals surface area contributed by atoms with Gasteiger partial charge in [-0.05, 0) is 49.5 Å². The van der Waals surface area contributed by atoms with Crippen LogP contribution >= 0.6 is 15.9 Å². The summed E-state index contributed by atoms with van der Waals surface area (Å²) >= 11 is 3.70. The second-order valence-corrected chi connectivity index (χ2v) is 7.77. The standard InChI is InChI=1S/C16H29BrN4/c1-7-16(8-2)11-21(15(4,5)10-18-16)9-13-14(17)12(3)19-20(13)6/h18H,7-11H2,1-6H3. The van der Waals surface area contributed by atoms with E-state index in [2.05, 4.69) is 65.9 Å². The van der Waals surface area contributed by atoms with Gasteiger partial charge in [0.2, 0.25) is 0 Å². The molecule has 1 fully saturated rings. The number of aryl methyl sites for hydroxylation is 2. The highest BCUT2D eigenvalue weighted by molar-refractivity contribution is 9.10. The van der Waals surface area contributed by atoms with Crippen molar-refractivity contribution < 1.29 is 0 Å². The molecule has 1 aromatic rings. The number of hydrogen-bond acceptors (Lipinski definition) is 3. The lowest BCUT2D eigenvalue weighted by molar-refractivity contribution is 0.0144. The molecule has 0 unspecified atom stereocenters. The van der Waals surface area contributed by atoms with E-state index in [-0.39, 0.29) is 11.1 Å². The van der Waals surface area contributed by atoms with E-state index in [1.807, 2.05) is 11.7 Å². The van der Waals surface area contributed by atoms with Crippen molar-refractivity contribution in [3.05, 3.63) is 15.9 Å². The van der Waals surface area contributed by atoms with Crippen LogP contribution in [0.2, 0.25) is 0 Å². The normalized spacial score (nSPS) is 21.7. The molecule has 2 rings (SSSR count). The summed E-state index contributed by atoms with van der Waals surface area (Å²) < 4.78 is 3.16. The first-order valence-corrected chi connectivity index (χ1v) is 8.72. The van der Waals surface area contributed by atoms with Crippen LogP contribution < -0.4 is 5.32 Å². The Kier molecular flexibility index (Phi) is 4.86. The molecule has 4 nitrogen and oxygen atoms in total. The fourth-order valence-corrected chi connectivity index (χ4v) is 3.64. The van der Waals surface area contributed by atoms with Crippen LogP contribution in [0.4, 0.5) is 0 Å². The molecule has 0 aromatic carbocycles. The highest BCUT2D eigenvalue weighted by Crippen LogP contribution is 2.31. The van der Waals surface area contributed by atoms with Crippen LogP contribution in [0.1, 0.15) is 51.9 Å². The number of halogens is 1. The predicted molar refractivity (Wildman–Crippen MR) is 91.4 cm³/mol. The topological polar surface area (TPSA) is 33.1 Å². The first-order chi connectivity index (χ1) is 9.74. The maximum atomic E-state index is 4.53. The molecular weight excluding hydrogens is 328 g/mol. The lowest BCUT2D eigenvalue weighted by Crippen LogP contribution is -2.67. The molecule has 1 aromatic heterocycles. The number of rotatable bonds is 4. The van der Waals surface area contributed by atoms with Crippen LogP contribution in [0.15, 0.2) is 4.47 Å². The van der Waals surface area contributed by atoms with E-state index in [4.69, 9.17) is 0 Å². The highest BCUT2D eigenvalue weighted by Gasteiger charge is 2.41. The third-order valence-electron chi connectivity index (χ3n) is 5.20. The van der Waals surface area contributed by atoms with E-state index in [0.29, 0.717) is 0 Å². The first kappa shape index (κ1) is 17.0. The number of nitrogens with zero attached hydrogens (tertiary/aromatic N) is 3. The molecule has 0 atom stereocenters. The van der Waals surface area contributed by atoms with Crippen LogP contribution in [0.25, 0.3) is 0 Å². The summed E-state index contributed by atoms with van der Waals surface area (Å²) in [6, 6.07) is 0. The van der Waals surface area contributed by atoms with Crippen molar-refractivity contribution in [2.75, 3.05) is 13.1 Å². The van der Waals surface area contributed by atoms with Gasteiger partial charge in [-0.1, -0.05) is 13.8 Å². The number of hydrogen-bond donors (Lipinski definition) is 1. The maximum Gasteiger partial charge on any atom is 0.0739 e. The van der Waals surface area contributed by atoms with Gasteiger partial charge in [-0.2, -0.15) is 5.10 Å². The molecule has 21 heavy (non-hydrogen) atoms. The molecule has 0 saturated carbocycles. The maximum absolute atomic E-state index is 4.53. The molecule has 1 aliphatic heterocycles. The molecule has 1 N–H and O–H groups in total. The lowest BCUT2D eigenvalue weighted by atomic mass is 9.85. The first-order valence-electron chi connectivity index (χ1n) is 7.93. The molecule has 0 amide bonds. The van der Waals surface area contributed by atoms with Gasteiger partial charge in [-0.3, -0.25) is 9.58 Å². The van der Waals surface area contributed by atoms with Crippen LogP contribution in [0.3, 0.4) is 0 Å². The van der Waals surface area contributed by atoms with Crippen molar-refractivity contribution in [3.8, 4) is 0 Å². The third kappa shape index (κ3) is 3.20. The zero-order chi connectivity index (χ0) is 15.8. The highest BCUT2D eigenvalue weighted by atomic mass is 79.9. The Balaban J connectivity index is 2.26. The minimum Gasteiger partial charge on any atom is -0.308 e. The number of nitrogens with one attached hydrogen (secondary N) is 1. The van der Waals surface area contributed by atoms with Gasteiger partial charge in [0.15, 0.2) is 0 Å². The average molecular weight is 357 g/mol. The molecule has 0 radical (unpaired) electrons. The van der Waals surface area contributed by atoms with E-state index in [1.54, 1.807) is 0 Å².